The van der Waals surface area contributed by atoms with Gasteiger partial charge in [0.2, 0.25) is 0 Å². The van der Waals surface area contributed by atoms with E-state index in [9.17, 15) is 0 Å². The van der Waals surface area contributed by atoms with E-state index in [2.05, 4.69) is 221 Å². The van der Waals surface area contributed by atoms with E-state index >= 15 is 0 Å². The fourth-order valence-corrected chi connectivity index (χ4v) is 8.23. The number of aryl methyl sites for hydroxylation is 9. The van der Waals surface area contributed by atoms with Gasteiger partial charge in [-0.05, 0) is 197 Å². The second kappa shape index (κ2) is 18.6. The Balaban J connectivity index is 0.000000284. The summed E-state index contributed by atoms with van der Waals surface area (Å²) in [6, 6.07) is 50.7. The van der Waals surface area contributed by atoms with Crippen LogP contribution in [0.4, 0.5) is 0 Å². The molecule has 59 heavy (non-hydrogen) atoms. The molecule has 0 N–H and O–H groups in total. The molecule has 0 atom stereocenters. The van der Waals surface area contributed by atoms with Crippen LogP contribution in [0, 0.1) is 76.2 Å². The van der Waals surface area contributed by atoms with Crippen LogP contribution in [-0.2, 0) is 0 Å². The molecular weight excluding hydrogens is 711 g/mol. The molecule has 298 valence electrons. The Hall–Kier alpha value is -6.18. The Morgan fingerprint density at radius 3 is 1.58 bits per heavy atom. The van der Waals surface area contributed by atoms with Crippen LogP contribution in [0.2, 0.25) is 0 Å². The standard InChI is InChI=1S/C41H39N.C10H14.C7H8/c1-8-13-40-31(7)39-25-37(36-19-10-9-14-27(36)3)29(5)22-41(39)42(40)35-18-12-16-33(24-35)32-15-11-17-34(23-32)38-21-26(2)20-28(4)30(38)6;1-7-5-8(2)10(4)9(3)6-7;1-7-5-3-2-4-6-7/h8-25H,1-7H3;5-6H,1-4H3;2-6H,1H3/b13-8-;;. The number of allylic oxidation sites excluding steroid dienone is 1. The monoisotopic (exact) mass is 771 g/mol. The van der Waals surface area contributed by atoms with Gasteiger partial charge in [-0.2, -0.15) is 0 Å². The van der Waals surface area contributed by atoms with Gasteiger partial charge in [-0.3, -0.25) is 0 Å². The van der Waals surface area contributed by atoms with Crippen molar-refractivity contribution in [1.82, 2.24) is 4.57 Å². The molecule has 0 spiro atoms. The summed E-state index contributed by atoms with van der Waals surface area (Å²) in [5.74, 6) is 0. The van der Waals surface area contributed by atoms with E-state index in [1.807, 2.05) is 18.2 Å². The maximum absolute atomic E-state index is 2.43. The van der Waals surface area contributed by atoms with Crippen molar-refractivity contribution in [2.45, 2.75) is 83.1 Å². The largest absolute Gasteiger partial charge is 0.310 e. The number of rotatable bonds is 5. The lowest BCUT2D eigenvalue weighted by Gasteiger charge is -2.15. The first kappa shape index (κ1) is 42.4. The molecule has 0 saturated heterocycles. The van der Waals surface area contributed by atoms with Gasteiger partial charge in [-0.25, -0.2) is 0 Å². The number of hydrogen-bond acceptors (Lipinski definition) is 0. The van der Waals surface area contributed by atoms with E-state index in [0.29, 0.717) is 0 Å². The third kappa shape index (κ3) is 9.59. The van der Waals surface area contributed by atoms with Crippen LogP contribution in [0.1, 0.15) is 73.8 Å². The first-order chi connectivity index (χ1) is 28.3. The summed E-state index contributed by atoms with van der Waals surface area (Å²) in [5, 5.41) is 1.30. The zero-order valence-electron chi connectivity index (χ0n) is 37.4. The summed E-state index contributed by atoms with van der Waals surface area (Å²) in [7, 11) is 0. The van der Waals surface area contributed by atoms with Crippen LogP contribution in [0.5, 0.6) is 0 Å². The van der Waals surface area contributed by atoms with Crippen molar-refractivity contribution in [3.63, 3.8) is 0 Å². The number of aromatic nitrogens is 1. The average molecular weight is 772 g/mol. The molecule has 0 radical (unpaired) electrons. The average Bonchev–Trinajstić information content (AvgIpc) is 3.48. The molecule has 1 aromatic heterocycles. The zero-order chi connectivity index (χ0) is 42.4. The van der Waals surface area contributed by atoms with Gasteiger partial charge in [0.05, 0.1) is 5.52 Å². The van der Waals surface area contributed by atoms with Crippen LogP contribution in [0.25, 0.3) is 56.0 Å². The van der Waals surface area contributed by atoms with E-state index in [1.165, 1.54) is 117 Å². The molecule has 0 unspecified atom stereocenters. The maximum Gasteiger partial charge on any atom is 0.0540 e. The molecule has 0 saturated carbocycles. The fourth-order valence-electron chi connectivity index (χ4n) is 8.23. The minimum atomic E-state index is 1.18. The highest BCUT2D eigenvalue weighted by Crippen LogP contribution is 2.38. The minimum Gasteiger partial charge on any atom is -0.310 e. The third-order valence-electron chi connectivity index (χ3n) is 11.8. The lowest BCUT2D eigenvalue weighted by atomic mass is 9.92. The molecule has 8 rings (SSSR count). The van der Waals surface area contributed by atoms with Gasteiger partial charge < -0.3 is 4.57 Å². The molecule has 0 fully saturated rings. The molecule has 1 heteroatoms. The van der Waals surface area contributed by atoms with E-state index in [0.717, 1.165) is 0 Å². The molecule has 0 aliphatic carbocycles. The fraction of sp³-hybridized carbons (Fsp3) is 0.207. The highest BCUT2D eigenvalue weighted by molar-refractivity contribution is 5.95. The topological polar surface area (TPSA) is 4.93 Å². The predicted octanol–water partition coefficient (Wildman–Crippen LogP) is 16.4. The smallest absolute Gasteiger partial charge is 0.0540 e. The highest BCUT2D eigenvalue weighted by atomic mass is 15.0. The van der Waals surface area contributed by atoms with Gasteiger partial charge in [0.15, 0.2) is 0 Å². The Labute approximate surface area is 354 Å². The van der Waals surface area contributed by atoms with Crippen molar-refractivity contribution in [2.24, 2.45) is 0 Å². The molecule has 1 heterocycles. The number of hydrogen-bond donors (Lipinski definition) is 0. The first-order valence-corrected chi connectivity index (χ1v) is 21.0. The van der Waals surface area contributed by atoms with Crippen molar-refractivity contribution in [3.8, 4) is 39.1 Å². The van der Waals surface area contributed by atoms with E-state index in [1.54, 1.807) is 0 Å². The van der Waals surface area contributed by atoms with Gasteiger partial charge in [0.1, 0.15) is 0 Å². The Morgan fingerprint density at radius 1 is 0.373 bits per heavy atom. The summed E-state index contributed by atoms with van der Waals surface area (Å²) >= 11 is 0. The first-order valence-electron chi connectivity index (χ1n) is 21.0. The van der Waals surface area contributed by atoms with Crippen LogP contribution < -0.4 is 0 Å². The molecule has 8 aromatic rings. The van der Waals surface area contributed by atoms with E-state index in [-0.39, 0.29) is 0 Å². The van der Waals surface area contributed by atoms with Crippen molar-refractivity contribution in [2.75, 3.05) is 0 Å². The van der Waals surface area contributed by atoms with Crippen LogP contribution >= 0.6 is 0 Å². The maximum atomic E-state index is 2.43. The molecule has 0 amide bonds. The summed E-state index contributed by atoms with van der Waals surface area (Å²) in [6.07, 6.45) is 4.39. The second-order valence-electron chi connectivity index (χ2n) is 16.4. The van der Waals surface area contributed by atoms with Crippen molar-refractivity contribution in [3.05, 3.63) is 212 Å². The Morgan fingerprint density at radius 2 is 0.949 bits per heavy atom. The van der Waals surface area contributed by atoms with Crippen LogP contribution in [-0.4, -0.2) is 4.57 Å². The summed E-state index contributed by atoms with van der Waals surface area (Å²) in [5.41, 5.74) is 26.1. The lowest BCUT2D eigenvalue weighted by molar-refractivity contribution is 1.10. The number of benzene rings is 7. The van der Waals surface area contributed by atoms with Gasteiger partial charge >= 0.3 is 0 Å². The summed E-state index contributed by atoms with van der Waals surface area (Å²) < 4.78 is 2.43. The zero-order valence-corrected chi connectivity index (χ0v) is 37.4. The second-order valence-corrected chi connectivity index (χ2v) is 16.4. The predicted molar refractivity (Wildman–Crippen MR) is 259 cm³/mol. The van der Waals surface area contributed by atoms with Crippen molar-refractivity contribution in [1.29, 1.82) is 0 Å². The van der Waals surface area contributed by atoms with Gasteiger partial charge in [-0.1, -0.05) is 132 Å². The third-order valence-corrected chi connectivity index (χ3v) is 11.8. The van der Waals surface area contributed by atoms with Crippen molar-refractivity contribution >= 4 is 17.0 Å². The normalized spacial score (nSPS) is 11.0. The van der Waals surface area contributed by atoms with Crippen molar-refractivity contribution < 1.29 is 0 Å². The Bertz CT molecular complexity index is 2750. The highest BCUT2D eigenvalue weighted by Gasteiger charge is 2.18. The van der Waals surface area contributed by atoms with E-state index < -0.39 is 0 Å². The van der Waals surface area contributed by atoms with Gasteiger partial charge in [-0.15, -0.1) is 0 Å². The van der Waals surface area contributed by atoms with Gasteiger partial charge in [0.25, 0.3) is 0 Å². The number of nitrogens with zero attached hydrogens (tertiary/aromatic N) is 1. The minimum absolute atomic E-state index is 1.18. The molecule has 0 bridgehead atoms. The van der Waals surface area contributed by atoms with Crippen LogP contribution in [0.3, 0.4) is 0 Å². The quantitative estimate of drug-likeness (QED) is 0.164. The van der Waals surface area contributed by atoms with Crippen LogP contribution in [0.15, 0.2) is 146 Å². The van der Waals surface area contributed by atoms with Gasteiger partial charge in [0, 0.05) is 16.8 Å². The summed E-state index contributed by atoms with van der Waals surface area (Å²) in [4.78, 5) is 0. The Kier molecular flexibility index (Phi) is 13.4. The molecular formula is C58H61N. The SMILES string of the molecule is C/C=C\c1c(C)c2cc(-c3ccccc3C)c(C)cc2n1-c1cccc(-c2cccc(-c3cc(C)cc(C)c3C)c2)c1.Cc1cc(C)c(C)c(C)c1.Cc1ccccc1. The molecule has 1 nitrogen and oxygen atoms in total. The van der Waals surface area contributed by atoms with E-state index in [4.69, 9.17) is 0 Å². The molecule has 7 aromatic carbocycles. The number of fused-ring (bicyclic) bond motifs is 1. The molecule has 0 aliphatic heterocycles. The lowest BCUT2D eigenvalue weighted by Crippen LogP contribution is -1.98. The molecule has 0 aliphatic rings. The summed E-state index contributed by atoms with van der Waals surface area (Å²) in [6.45, 7) is 26.1.